The summed E-state index contributed by atoms with van der Waals surface area (Å²) in [5.74, 6) is 1.75. The Morgan fingerprint density at radius 1 is 1.53 bits per heavy atom. The molecule has 2 N–H and O–H groups in total. The van der Waals surface area contributed by atoms with Crippen LogP contribution in [0.5, 0.6) is 0 Å². The van der Waals surface area contributed by atoms with Crippen molar-refractivity contribution in [3.8, 4) is 0 Å². The highest BCUT2D eigenvalue weighted by Crippen LogP contribution is 2.08. The molecule has 5 heteroatoms. The van der Waals surface area contributed by atoms with Crippen LogP contribution in [0, 0.1) is 0 Å². The highest BCUT2D eigenvalue weighted by Gasteiger charge is 2.05. The summed E-state index contributed by atoms with van der Waals surface area (Å²) in [6.45, 7) is 4.63. The van der Waals surface area contributed by atoms with Gasteiger partial charge >= 0.3 is 0 Å². The summed E-state index contributed by atoms with van der Waals surface area (Å²) in [6, 6.07) is 3.99. The van der Waals surface area contributed by atoms with Gasteiger partial charge in [-0.3, -0.25) is 4.79 Å². The minimum atomic E-state index is -0.0799. The smallest absolute Gasteiger partial charge is 0.252 e. The van der Waals surface area contributed by atoms with E-state index >= 15 is 0 Å². The second-order valence-corrected chi connectivity index (χ2v) is 4.70. The molecule has 0 aliphatic carbocycles. The van der Waals surface area contributed by atoms with Gasteiger partial charge in [0.05, 0.1) is 5.56 Å². The van der Waals surface area contributed by atoms with Gasteiger partial charge in [0.1, 0.15) is 5.82 Å². The number of anilines is 1. The number of thioether (sulfide) groups is 1. The molecular formula is C12H19N3OS. The normalized spacial score (nSPS) is 11.9. The van der Waals surface area contributed by atoms with Gasteiger partial charge in [-0.15, -0.1) is 0 Å². The van der Waals surface area contributed by atoms with Crippen molar-refractivity contribution in [3.63, 3.8) is 0 Å². The number of hydrogen-bond acceptors (Lipinski definition) is 4. The third-order valence-electron chi connectivity index (χ3n) is 2.17. The molecular weight excluding hydrogens is 234 g/mol. The number of hydrogen-bond donors (Lipinski definition) is 2. The largest absolute Gasteiger partial charge is 0.367 e. The van der Waals surface area contributed by atoms with E-state index in [4.69, 9.17) is 0 Å². The van der Waals surface area contributed by atoms with Gasteiger partial charge in [-0.2, -0.15) is 11.8 Å². The molecule has 0 radical (unpaired) electrons. The van der Waals surface area contributed by atoms with Crippen LogP contribution in [0.25, 0.3) is 0 Å². The van der Waals surface area contributed by atoms with Crippen LogP contribution in [0.1, 0.15) is 24.2 Å². The lowest BCUT2D eigenvalue weighted by molar-refractivity contribution is 0.0955. The van der Waals surface area contributed by atoms with Gasteiger partial charge in [-0.25, -0.2) is 4.98 Å². The number of pyridine rings is 1. The van der Waals surface area contributed by atoms with Gasteiger partial charge in [0.25, 0.3) is 5.91 Å². The van der Waals surface area contributed by atoms with Crippen molar-refractivity contribution in [2.24, 2.45) is 0 Å². The number of aromatic nitrogens is 1. The number of amides is 1. The molecule has 0 saturated carbocycles. The fourth-order valence-corrected chi connectivity index (χ4v) is 2.00. The Morgan fingerprint density at radius 3 is 2.82 bits per heavy atom. The van der Waals surface area contributed by atoms with Crippen LogP contribution in [0.4, 0.5) is 5.82 Å². The van der Waals surface area contributed by atoms with Crippen molar-refractivity contribution in [2.75, 3.05) is 23.9 Å². The number of carbonyl (C=O) groups is 1. The number of rotatable bonds is 6. The van der Waals surface area contributed by atoms with Crippen LogP contribution in [-0.4, -0.2) is 35.5 Å². The summed E-state index contributed by atoms with van der Waals surface area (Å²) < 4.78 is 0. The van der Waals surface area contributed by atoms with Crippen LogP contribution in [0.15, 0.2) is 18.3 Å². The van der Waals surface area contributed by atoms with E-state index in [2.05, 4.69) is 28.8 Å². The van der Waals surface area contributed by atoms with Crippen molar-refractivity contribution in [1.29, 1.82) is 0 Å². The maximum atomic E-state index is 11.5. The second-order valence-electron chi connectivity index (χ2n) is 3.79. The number of carbonyl (C=O) groups excluding carboxylic acids is 1. The summed E-state index contributed by atoms with van der Waals surface area (Å²) in [7, 11) is 0. The first-order valence-electron chi connectivity index (χ1n) is 5.67. The summed E-state index contributed by atoms with van der Waals surface area (Å²) in [5, 5.41) is 6.02. The SMILES string of the molecule is CCNC(=O)c1ccc(NC(C)CSC)nc1. The van der Waals surface area contributed by atoms with E-state index in [-0.39, 0.29) is 5.91 Å². The van der Waals surface area contributed by atoms with Gasteiger partial charge in [-0.1, -0.05) is 0 Å². The number of nitrogens with one attached hydrogen (secondary N) is 2. The zero-order valence-electron chi connectivity index (χ0n) is 10.5. The van der Waals surface area contributed by atoms with Gasteiger partial charge in [0, 0.05) is 24.5 Å². The summed E-state index contributed by atoms with van der Waals surface area (Å²) in [5.41, 5.74) is 0.593. The molecule has 1 aromatic rings. The highest BCUT2D eigenvalue weighted by molar-refractivity contribution is 7.98. The number of nitrogens with zero attached hydrogens (tertiary/aromatic N) is 1. The summed E-state index contributed by atoms with van der Waals surface area (Å²) >= 11 is 1.79. The molecule has 1 rings (SSSR count). The predicted molar refractivity (Wildman–Crippen MR) is 73.7 cm³/mol. The minimum Gasteiger partial charge on any atom is -0.367 e. The summed E-state index contributed by atoms with van der Waals surface area (Å²) in [6.07, 6.45) is 3.67. The maximum absolute atomic E-state index is 11.5. The zero-order chi connectivity index (χ0) is 12.7. The van der Waals surface area contributed by atoms with Crippen LogP contribution in [0.3, 0.4) is 0 Å². The molecule has 1 heterocycles. The fourth-order valence-electron chi connectivity index (χ4n) is 1.42. The van der Waals surface area contributed by atoms with Crippen molar-refractivity contribution < 1.29 is 4.79 Å². The molecule has 0 bridgehead atoms. The van der Waals surface area contributed by atoms with E-state index in [0.29, 0.717) is 18.2 Å². The molecule has 0 aromatic carbocycles. The van der Waals surface area contributed by atoms with Crippen molar-refractivity contribution >= 4 is 23.5 Å². The molecule has 1 aromatic heterocycles. The van der Waals surface area contributed by atoms with Crippen LogP contribution in [-0.2, 0) is 0 Å². The Balaban J connectivity index is 2.58. The Morgan fingerprint density at radius 2 is 2.29 bits per heavy atom. The van der Waals surface area contributed by atoms with Gasteiger partial charge in [0.15, 0.2) is 0 Å². The van der Waals surface area contributed by atoms with E-state index in [1.54, 1.807) is 24.0 Å². The van der Waals surface area contributed by atoms with Crippen molar-refractivity contribution in [2.45, 2.75) is 19.9 Å². The van der Waals surface area contributed by atoms with Crippen molar-refractivity contribution in [1.82, 2.24) is 10.3 Å². The first-order valence-corrected chi connectivity index (χ1v) is 7.06. The maximum Gasteiger partial charge on any atom is 0.252 e. The quantitative estimate of drug-likeness (QED) is 0.814. The molecule has 4 nitrogen and oxygen atoms in total. The van der Waals surface area contributed by atoms with Crippen LogP contribution < -0.4 is 10.6 Å². The van der Waals surface area contributed by atoms with E-state index < -0.39 is 0 Å². The molecule has 94 valence electrons. The average molecular weight is 253 g/mol. The molecule has 0 aliphatic rings. The molecule has 1 unspecified atom stereocenters. The Kier molecular flexibility index (Phi) is 5.83. The van der Waals surface area contributed by atoms with Crippen molar-refractivity contribution in [3.05, 3.63) is 23.9 Å². The highest BCUT2D eigenvalue weighted by atomic mass is 32.2. The van der Waals surface area contributed by atoms with Crippen LogP contribution >= 0.6 is 11.8 Å². The van der Waals surface area contributed by atoms with Gasteiger partial charge < -0.3 is 10.6 Å². The standard InChI is InChI=1S/C12H19N3OS/c1-4-13-12(16)10-5-6-11(14-7-10)15-9(2)8-17-3/h5-7,9H,4,8H2,1-3H3,(H,13,16)(H,14,15). The third kappa shape index (κ3) is 4.65. The lowest BCUT2D eigenvalue weighted by atomic mass is 10.2. The topological polar surface area (TPSA) is 54.0 Å². The predicted octanol–water partition coefficient (Wildman–Crippen LogP) is 1.99. The molecule has 17 heavy (non-hydrogen) atoms. The van der Waals surface area contributed by atoms with E-state index in [0.717, 1.165) is 11.6 Å². The minimum absolute atomic E-state index is 0.0799. The Labute approximate surface area is 107 Å². The van der Waals surface area contributed by atoms with Gasteiger partial charge in [-0.05, 0) is 32.2 Å². The summed E-state index contributed by atoms with van der Waals surface area (Å²) in [4.78, 5) is 15.7. The molecule has 0 saturated heterocycles. The lowest BCUT2D eigenvalue weighted by Gasteiger charge is -2.13. The monoisotopic (exact) mass is 253 g/mol. The molecule has 0 fully saturated rings. The average Bonchev–Trinajstić information content (AvgIpc) is 2.30. The molecule has 0 spiro atoms. The first kappa shape index (κ1) is 13.8. The van der Waals surface area contributed by atoms with E-state index in [1.807, 2.05) is 13.0 Å². The van der Waals surface area contributed by atoms with E-state index in [9.17, 15) is 4.79 Å². The molecule has 1 amide bonds. The fraction of sp³-hybridized carbons (Fsp3) is 0.500. The molecule has 0 aliphatic heterocycles. The van der Waals surface area contributed by atoms with Gasteiger partial charge in [0.2, 0.25) is 0 Å². The Bertz CT molecular complexity index is 353. The van der Waals surface area contributed by atoms with E-state index in [1.165, 1.54) is 0 Å². The van der Waals surface area contributed by atoms with Crippen LogP contribution in [0.2, 0.25) is 0 Å². The lowest BCUT2D eigenvalue weighted by Crippen LogP contribution is -2.23. The second kappa shape index (κ2) is 7.17. The Hall–Kier alpha value is -1.23. The first-order chi connectivity index (χ1) is 8.17. The zero-order valence-corrected chi connectivity index (χ0v) is 11.3. The third-order valence-corrected chi connectivity index (χ3v) is 3.01. The molecule has 1 atom stereocenters.